The number of ether oxygens (including phenoxy) is 4. The summed E-state index contributed by atoms with van der Waals surface area (Å²) in [4.78, 5) is 24.6. The summed E-state index contributed by atoms with van der Waals surface area (Å²) in [5.41, 5.74) is 0.700. The van der Waals surface area contributed by atoms with Gasteiger partial charge in [-0.3, -0.25) is 0 Å². The molecule has 0 saturated carbocycles. The van der Waals surface area contributed by atoms with Gasteiger partial charge >= 0.3 is 11.9 Å². The van der Waals surface area contributed by atoms with Gasteiger partial charge in [-0.15, -0.1) is 12.8 Å². The van der Waals surface area contributed by atoms with Crippen molar-refractivity contribution in [2.24, 2.45) is 0 Å². The van der Waals surface area contributed by atoms with Gasteiger partial charge in [-0.2, -0.15) is 0 Å². The van der Waals surface area contributed by atoms with E-state index >= 15 is 0 Å². The monoisotopic (exact) mass is 426 g/mol. The van der Waals surface area contributed by atoms with Gasteiger partial charge in [0.05, 0.1) is 11.1 Å². The van der Waals surface area contributed by atoms with Crippen molar-refractivity contribution >= 4 is 11.9 Å². The number of hydrogen-bond acceptors (Lipinski definition) is 6. The van der Waals surface area contributed by atoms with E-state index in [1.807, 2.05) is 0 Å². The Morgan fingerprint density at radius 2 is 0.875 bits per heavy atom. The molecule has 0 aliphatic heterocycles. The van der Waals surface area contributed by atoms with Crippen LogP contribution in [0, 0.1) is 24.7 Å². The average Bonchev–Trinajstić information content (AvgIpc) is 2.83. The molecular formula is C26H18O6. The minimum atomic E-state index is -0.537. The molecule has 0 aliphatic carbocycles. The van der Waals surface area contributed by atoms with E-state index < -0.39 is 11.9 Å². The lowest BCUT2D eigenvalue weighted by atomic mass is 10.2. The molecule has 0 spiro atoms. The zero-order valence-corrected chi connectivity index (χ0v) is 16.9. The molecule has 0 saturated heterocycles. The molecule has 3 rings (SSSR count). The molecule has 0 aromatic heterocycles. The maximum atomic E-state index is 12.3. The van der Waals surface area contributed by atoms with E-state index in [1.54, 1.807) is 48.5 Å². The molecule has 0 radical (unpaired) electrons. The molecule has 3 aromatic carbocycles. The predicted molar refractivity (Wildman–Crippen MR) is 118 cm³/mol. The van der Waals surface area contributed by atoms with Gasteiger partial charge in [-0.1, -0.05) is 11.8 Å². The zero-order chi connectivity index (χ0) is 22.8. The topological polar surface area (TPSA) is 71.1 Å². The Morgan fingerprint density at radius 1 is 0.562 bits per heavy atom. The first-order chi connectivity index (χ1) is 15.6. The summed E-state index contributed by atoms with van der Waals surface area (Å²) in [5, 5.41) is 0. The van der Waals surface area contributed by atoms with Crippen molar-refractivity contribution in [1.29, 1.82) is 0 Å². The van der Waals surface area contributed by atoms with E-state index in [9.17, 15) is 9.59 Å². The molecule has 0 heterocycles. The van der Waals surface area contributed by atoms with Gasteiger partial charge in [-0.05, 0) is 72.8 Å². The van der Waals surface area contributed by atoms with Gasteiger partial charge in [0, 0.05) is 0 Å². The smallest absolute Gasteiger partial charge is 0.343 e. The minimum Gasteiger partial charge on any atom is -0.481 e. The summed E-state index contributed by atoms with van der Waals surface area (Å²) in [6.45, 7) is 0.292. The largest absolute Gasteiger partial charge is 0.481 e. The van der Waals surface area contributed by atoms with Crippen LogP contribution in [0.25, 0.3) is 0 Å². The maximum absolute atomic E-state index is 12.3. The van der Waals surface area contributed by atoms with Crippen molar-refractivity contribution in [3.05, 3.63) is 83.9 Å². The van der Waals surface area contributed by atoms with Crippen LogP contribution in [-0.4, -0.2) is 25.2 Å². The second kappa shape index (κ2) is 10.9. The Hall–Kier alpha value is -4.68. The minimum absolute atomic E-state index is 0.146. The van der Waals surface area contributed by atoms with Crippen molar-refractivity contribution in [3.8, 4) is 47.7 Å². The lowest BCUT2D eigenvalue weighted by Gasteiger charge is -2.08. The molecular weight excluding hydrogens is 408 g/mol. The molecule has 0 fully saturated rings. The Morgan fingerprint density at radius 3 is 1.19 bits per heavy atom. The number of esters is 2. The highest BCUT2D eigenvalue weighted by Gasteiger charge is 2.11. The second-order valence-electron chi connectivity index (χ2n) is 6.28. The third-order valence-corrected chi connectivity index (χ3v) is 4.07. The van der Waals surface area contributed by atoms with E-state index in [0.717, 1.165) is 0 Å². The lowest BCUT2D eigenvalue weighted by Crippen LogP contribution is -2.09. The number of terminal acetylenes is 2. The third kappa shape index (κ3) is 6.16. The van der Waals surface area contributed by atoms with Gasteiger partial charge < -0.3 is 18.9 Å². The highest BCUT2D eigenvalue weighted by atomic mass is 16.5. The molecule has 32 heavy (non-hydrogen) atoms. The van der Waals surface area contributed by atoms with Crippen molar-refractivity contribution in [2.45, 2.75) is 0 Å². The third-order valence-electron chi connectivity index (χ3n) is 4.07. The van der Waals surface area contributed by atoms with E-state index in [0.29, 0.717) is 34.1 Å². The fraction of sp³-hybridized carbons (Fsp3) is 0.0769. The molecule has 0 amide bonds. The van der Waals surface area contributed by atoms with Crippen molar-refractivity contribution < 1.29 is 28.5 Å². The Labute approximate surface area is 185 Å². The second-order valence-corrected chi connectivity index (χ2v) is 6.28. The van der Waals surface area contributed by atoms with Crippen molar-refractivity contribution in [3.63, 3.8) is 0 Å². The Bertz CT molecular complexity index is 1050. The quantitative estimate of drug-likeness (QED) is 0.306. The molecule has 0 unspecified atom stereocenters. The van der Waals surface area contributed by atoms with Crippen LogP contribution in [0.15, 0.2) is 72.8 Å². The molecule has 0 bridgehead atoms. The van der Waals surface area contributed by atoms with Gasteiger partial charge in [0.2, 0.25) is 0 Å². The Kier molecular flexibility index (Phi) is 7.51. The van der Waals surface area contributed by atoms with Crippen LogP contribution in [0.3, 0.4) is 0 Å². The van der Waals surface area contributed by atoms with Crippen LogP contribution >= 0.6 is 0 Å². The van der Waals surface area contributed by atoms with E-state index in [2.05, 4.69) is 11.8 Å². The lowest BCUT2D eigenvalue weighted by molar-refractivity contribution is 0.0719. The van der Waals surface area contributed by atoms with Crippen LogP contribution in [0.2, 0.25) is 0 Å². The maximum Gasteiger partial charge on any atom is 0.343 e. The van der Waals surface area contributed by atoms with Gasteiger partial charge in [0.15, 0.2) is 0 Å². The van der Waals surface area contributed by atoms with E-state index in [-0.39, 0.29) is 13.2 Å². The summed E-state index contributed by atoms with van der Waals surface area (Å²) in [5.74, 6) is 5.37. The standard InChI is InChI=1S/C26H18O6/c1-3-17-29-21-9-5-19(6-10-21)25(27)31-23-13-15-24(16-14-23)32-26(28)20-7-11-22(12-8-20)30-18-4-2/h1-2,5-16H,17-18H2. The van der Waals surface area contributed by atoms with Crippen LogP contribution < -0.4 is 18.9 Å². The first kappa shape index (κ1) is 22.0. The number of hydrogen-bond donors (Lipinski definition) is 0. The zero-order valence-electron chi connectivity index (χ0n) is 16.9. The number of carbonyl (C=O) groups is 2. The molecule has 6 nitrogen and oxygen atoms in total. The fourth-order valence-corrected chi connectivity index (χ4v) is 2.53. The van der Waals surface area contributed by atoms with E-state index in [4.69, 9.17) is 31.8 Å². The van der Waals surface area contributed by atoms with Crippen molar-refractivity contribution in [2.75, 3.05) is 13.2 Å². The first-order valence-electron chi connectivity index (χ1n) is 9.46. The SMILES string of the molecule is C#CCOc1ccc(C(=O)Oc2ccc(OC(=O)c3ccc(OCC#C)cc3)cc2)cc1. The van der Waals surface area contributed by atoms with Crippen LogP contribution in [0.5, 0.6) is 23.0 Å². The van der Waals surface area contributed by atoms with Gasteiger partial charge in [-0.25, -0.2) is 9.59 Å². The molecule has 0 aliphatic rings. The molecule has 158 valence electrons. The number of benzene rings is 3. The average molecular weight is 426 g/mol. The summed E-state index contributed by atoms with van der Waals surface area (Å²) in [6, 6.07) is 18.9. The molecule has 0 N–H and O–H groups in total. The van der Waals surface area contributed by atoms with Gasteiger partial charge in [0.1, 0.15) is 36.2 Å². The van der Waals surface area contributed by atoms with Crippen LogP contribution in [0.1, 0.15) is 20.7 Å². The fourth-order valence-electron chi connectivity index (χ4n) is 2.53. The number of carbonyl (C=O) groups excluding carboxylic acids is 2. The Balaban J connectivity index is 1.55. The van der Waals surface area contributed by atoms with Crippen LogP contribution in [0.4, 0.5) is 0 Å². The normalized spacial score (nSPS) is 9.69. The summed E-state index contributed by atoms with van der Waals surface area (Å²) in [6.07, 6.45) is 10.3. The molecule has 0 atom stereocenters. The molecule has 6 heteroatoms. The predicted octanol–water partition coefficient (Wildman–Crippen LogP) is 4.15. The summed E-state index contributed by atoms with van der Waals surface area (Å²) in [7, 11) is 0. The molecule has 3 aromatic rings. The summed E-state index contributed by atoms with van der Waals surface area (Å²) >= 11 is 0. The summed E-state index contributed by atoms with van der Waals surface area (Å²) < 4.78 is 21.2. The highest BCUT2D eigenvalue weighted by Crippen LogP contribution is 2.21. The number of rotatable bonds is 8. The highest BCUT2D eigenvalue weighted by molar-refractivity contribution is 5.92. The van der Waals surface area contributed by atoms with Crippen molar-refractivity contribution in [1.82, 2.24) is 0 Å². The van der Waals surface area contributed by atoms with E-state index in [1.165, 1.54) is 24.3 Å². The van der Waals surface area contributed by atoms with Gasteiger partial charge in [0.25, 0.3) is 0 Å². The van der Waals surface area contributed by atoms with Crippen LogP contribution in [-0.2, 0) is 0 Å². The first-order valence-corrected chi connectivity index (χ1v) is 9.46.